The summed E-state index contributed by atoms with van der Waals surface area (Å²) < 4.78 is 44.2. The van der Waals surface area contributed by atoms with Crippen LogP contribution in [0.5, 0.6) is 0 Å². The van der Waals surface area contributed by atoms with Crippen molar-refractivity contribution in [1.29, 1.82) is 0 Å². The first-order valence-corrected chi connectivity index (χ1v) is 15.0. The number of aromatic carboxylic acids is 1. The van der Waals surface area contributed by atoms with Gasteiger partial charge in [0.1, 0.15) is 17.2 Å². The quantitative estimate of drug-likeness (QED) is 0.252. The highest BCUT2D eigenvalue weighted by Gasteiger charge is 2.37. The number of piperazine rings is 1. The molecule has 1 fully saturated rings. The van der Waals surface area contributed by atoms with E-state index in [4.69, 9.17) is 11.6 Å². The number of hydrogen-bond acceptors (Lipinski definition) is 8. The van der Waals surface area contributed by atoms with Crippen LogP contribution in [0.3, 0.4) is 0 Å². The molecule has 4 aromatic heterocycles. The highest BCUT2D eigenvalue weighted by molar-refractivity contribution is 7.18. The van der Waals surface area contributed by atoms with Crippen LogP contribution in [0, 0.1) is 18.8 Å². The van der Waals surface area contributed by atoms with Gasteiger partial charge in [0.05, 0.1) is 27.8 Å². The second-order valence-electron chi connectivity index (χ2n) is 10.5. The number of carboxylic acid groups (broad SMARTS) is 1. The van der Waals surface area contributed by atoms with Crippen LogP contribution < -0.4 is 10.5 Å². The van der Waals surface area contributed by atoms with Gasteiger partial charge in [0.25, 0.3) is 5.56 Å². The van der Waals surface area contributed by atoms with Gasteiger partial charge < -0.3 is 14.9 Å². The summed E-state index contributed by atoms with van der Waals surface area (Å²) in [4.78, 5) is 41.6. The van der Waals surface area contributed by atoms with Gasteiger partial charge in [-0.05, 0) is 44.3 Å². The van der Waals surface area contributed by atoms with E-state index in [1.54, 1.807) is 29.2 Å². The molecule has 14 heteroatoms. The Balaban J connectivity index is 1.40. The molecule has 0 bridgehead atoms. The molecular formula is C31H24ClF3N6O3S. The lowest BCUT2D eigenvalue weighted by atomic mass is 10.00. The van der Waals surface area contributed by atoms with Gasteiger partial charge in [-0.1, -0.05) is 23.4 Å². The van der Waals surface area contributed by atoms with E-state index in [9.17, 15) is 27.9 Å². The van der Waals surface area contributed by atoms with Gasteiger partial charge in [-0.3, -0.25) is 14.3 Å². The number of carboxylic acids is 1. The molecule has 0 saturated carbocycles. The number of nitrogens with zero attached hydrogens (tertiary/aromatic N) is 6. The lowest BCUT2D eigenvalue weighted by Crippen LogP contribution is -2.45. The third kappa shape index (κ3) is 5.84. The maximum Gasteiger partial charge on any atom is 0.420 e. The molecule has 5 aromatic rings. The maximum absolute atomic E-state index is 14.1. The van der Waals surface area contributed by atoms with Crippen LogP contribution in [0.4, 0.5) is 19.0 Å². The van der Waals surface area contributed by atoms with E-state index < -0.39 is 23.3 Å². The molecule has 0 spiro atoms. The van der Waals surface area contributed by atoms with Crippen LogP contribution in [0.2, 0.25) is 5.02 Å². The fraction of sp³-hybridized carbons (Fsp3) is 0.258. The zero-order valence-electron chi connectivity index (χ0n) is 23.9. The van der Waals surface area contributed by atoms with Crippen molar-refractivity contribution in [3.8, 4) is 23.0 Å². The number of halogens is 4. The Morgan fingerprint density at radius 1 is 1.09 bits per heavy atom. The van der Waals surface area contributed by atoms with Crippen LogP contribution in [-0.4, -0.2) is 68.7 Å². The number of anilines is 1. The van der Waals surface area contributed by atoms with E-state index in [1.807, 2.05) is 11.9 Å². The Kier molecular flexibility index (Phi) is 7.98. The molecule has 0 aliphatic carbocycles. The molecule has 0 unspecified atom stereocenters. The Morgan fingerprint density at radius 2 is 1.84 bits per heavy atom. The molecule has 45 heavy (non-hydrogen) atoms. The minimum Gasteiger partial charge on any atom is -0.478 e. The number of pyridine rings is 2. The van der Waals surface area contributed by atoms with Gasteiger partial charge >= 0.3 is 12.1 Å². The maximum atomic E-state index is 14.1. The Bertz CT molecular complexity index is 2110. The first-order chi connectivity index (χ1) is 21.4. The highest BCUT2D eigenvalue weighted by atomic mass is 35.5. The molecular weight excluding hydrogens is 629 g/mol. The van der Waals surface area contributed by atoms with E-state index in [-0.39, 0.29) is 34.8 Å². The van der Waals surface area contributed by atoms with E-state index in [2.05, 4.69) is 26.8 Å². The van der Waals surface area contributed by atoms with Gasteiger partial charge in [-0.25, -0.2) is 14.8 Å². The third-order valence-electron chi connectivity index (χ3n) is 7.63. The van der Waals surface area contributed by atoms with Crippen molar-refractivity contribution in [1.82, 2.24) is 24.4 Å². The van der Waals surface area contributed by atoms with Crippen molar-refractivity contribution < 1.29 is 23.1 Å². The minimum absolute atomic E-state index is 0.0944. The van der Waals surface area contributed by atoms with Gasteiger partial charge in [-0.2, -0.15) is 13.2 Å². The highest BCUT2D eigenvalue weighted by Crippen LogP contribution is 2.38. The summed E-state index contributed by atoms with van der Waals surface area (Å²) in [5, 5.41) is 11.5. The molecule has 0 amide bonds. The van der Waals surface area contributed by atoms with Crippen molar-refractivity contribution in [3.05, 3.63) is 79.8 Å². The molecule has 1 N–H and O–H groups in total. The lowest BCUT2D eigenvalue weighted by molar-refractivity contribution is -0.137. The number of fused-ring (bicyclic) bond motifs is 2. The number of thiophene rings is 1. The SMILES string of the molecule is Cc1nc2cc(C(F)(F)F)c(N3CCN(C)CC3)nc2c(=O)n1CC#Cc1ccc(Cl)cc1-c1ccnc2c(C(=O)O)csc12. The average molecular weight is 653 g/mol. The number of carbonyl (C=O) groups is 1. The summed E-state index contributed by atoms with van der Waals surface area (Å²) in [5.74, 6) is 4.88. The summed E-state index contributed by atoms with van der Waals surface area (Å²) in [6.45, 7) is 3.24. The number of aromatic nitrogens is 4. The Hall–Kier alpha value is -4.51. The second kappa shape index (κ2) is 11.8. The molecule has 1 aliphatic rings. The number of rotatable bonds is 4. The van der Waals surface area contributed by atoms with Crippen LogP contribution in [0.15, 0.2) is 46.7 Å². The smallest absolute Gasteiger partial charge is 0.420 e. The fourth-order valence-corrected chi connectivity index (χ4v) is 6.46. The number of likely N-dealkylation sites (N-methyl/N-ethyl adjacent to an activating group) is 1. The van der Waals surface area contributed by atoms with Crippen molar-refractivity contribution in [3.63, 3.8) is 0 Å². The first kappa shape index (κ1) is 30.5. The molecule has 5 heterocycles. The summed E-state index contributed by atoms with van der Waals surface area (Å²) in [5.41, 5.74) is 0.552. The Morgan fingerprint density at radius 3 is 2.56 bits per heavy atom. The van der Waals surface area contributed by atoms with Crippen molar-refractivity contribution in [2.45, 2.75) is 19.6 Å². The molecule has 230 valence electrons. The number of hydrogen-bond donors (Lipinski definition) is 1. The third-order valence-corrected chi connectivity index (χ3v) is 8.87. The van der Waals surface area contributed by atoms with E-state index in [0.29, 0.717) is 58.1 Å². The average Bonchev–Trinajstić information content (AvgIpc) is 3.44. The zero-order valence-corrected chi connectivity index (χ0v) is 25.5. The summed E-state index contributed by atoms with van der Waals surface area (Å²) >= 11 is 7.57. The summed E-state index contributed by atoms with van der Waals surface area (Å²) in [6, 6.07) is 7.76. The zero-order chi connectivity index (χ0) is 32.0. The van der Waals surface area contributed by atoms with Crippen LogP contribution >= 0.6 is 22.9 Å². The van der Waals surface area contributed by atoms with Crippen molar-refractivity contribution in [2.75, 3.05) is 38.1 Å². The monoisotopic (exact) mass is 652 g/mol. The molecule has 0 radical (unpaired) electrons. The summed E-state index contributed by atoms with van der Waals surface area (Å²) in [6.07, 6.45) is -3.16. The predicted molar refractivity (Wildman–Crippen MR) is 167 cm³/mol. The van der Waals surface area contributed by atoms with Crippen LogP contribution in [0.1, 0.15) is 27.3 Å². The predicted octanol–water partition coefficient (Wildman–Crippen LogP) is 5.55. The first-order valence-electron chi connectivity index (χ1n) is 13.7. The molecule has 6 rings (SSSR count). The minimum atomic E-state index is -4.68. The van der Waals surface area contributed by atoms with Gasteiger partial charge in [0.15, 0.2) is 5.52 Å². The fourth-order valence-electron chi connectivity index (χ4n) is 5.26. The Labute approximate surface area is 263 Å². The molecule has 0 atom stereocenters. The van der Waals surface area contributed by atoms with Gasteiger partial charge in [-0.15, -0.1) is 11.3 Å². The molecule has 1 saturated heterocycles. The van der Waals surface area contributed by atoms with Gasteiger partial charge in [0.2, 0.25) is 0 Å². The van der Waals surface area contributed by atoms with Crippen LogP contribution in [-0.2, 0) is 12.7 Å². The number of alkyl halides is 3. The lowest BCUT2D eigenvalue weighted by Gasteiger charge is -2.34. The van der Waals surface area contributed by atoms with E-state index >= 15 is 0 Å². The number of aryl methyl sites for hydroxylation is 1. The molecule has 9 nitrogen and oxygen atoms in total. The largest absolute Gasteiger partial charge is 0.478 e. The normalized spacial score (nSPS) is 14.1. The number of benzene rings is 1. The van der Waals surface area contributed by atoms with Gasteiger partial charge in [0, 0.05) is 59.5 Å². The molecule has 1 aliphatic heterocycles. The van der Waals surface area contributed by atoms with Crippen molar-refractivity contribution >= 4 is 56.0 Å². The second-order valence-corrected chi connectivity index (χ2v) is 11.9. The topological polar surface area (TPSA) is 104 Å². The standard InChI is InChI=1S/C31H24ClF3N6O3S/c1-17-37-24-15-23(31(33,34)35)28(40-12-10-39(2)11-13-40)38-26(24)29(42)41(17)9-3-4-18-5-6-19(32)14-21(18)20-7-8-36-25-22(30(43)44)16-45-27(20)25/h5-8,14-16H,9-13H2,1-2H3,(H,43,44). The van der Waals surface area contributed by atoms with Crippen LogP contribution in [0.25, 0.3) is 32.4 Å². The van der Waals surface area contributed by atoms with Crippen molar-refractivity contribution in [2.24, 2.45) is 0 Å². The van der Waals surface area contributed by atoms with E-state index in [0.717, 1.165) is 6.07 Å². The molecule has 1 aromatic carbocycles. The van der Waals surface area contributed by atoms with E-state index in [1.165, 1.54) is 34.4 Å². The summed E-state index contributed by atoms with van der Waals surface area (Å²) in [7, 11) is 1.89.